The van der Waals surface area contributed by atoms with E-state index in [0.29, 0.717) is 28.8 Å². The second-order valence-corrected chi connectivity index (χ2v) is 9.66. The van der Waals surface area contributed by atoms with E-state index in [1.807, 2.05) is 25.1 Å². The number of aryl methyl sites for hydroxylation is 1. The molecule has 6 N–H and O–H groups in total. The number of Topliss-reactive ketones (excluding diaryl/α,β-unsaturated/α-hetero) is 2. The van der Waals surface area contributed by atoms with Gasteiger partial charge in [-0.2, -0.15) is 0 Å². The number of carbonyl (C=O) groups excluding carboxylic acids is 3. The molecule has 3 aliphatic carbocycles. The second-order valence-electron chi connectivity index (χ2n) is 9.66. The maximum Gasteiger partial charge on any atom is 0.255 e. The van der Waals surface area contributed by atoms with Gasteiger partial charge in [-0.15, -0.1) is 0 Å². The lowest BCUT2D eigenvalue weighted by Crippen LogP contribution is -2.58. The zero-order valence-corrected chi connectivity index (χ0v) is 19.6. The highest BCUT2D eigenvalue weighted by atomic mass is 16.3. The molecule has 1 fully saturated rings. The maximum atomic E-state index is 13.7. The Hall–Kier alpha value is -3.98. The first-order chi connectivity index (χ1) is 17.1. The summed E-state index contributed by atoms with van der Waals surface area (Å²) in [6.07, 6.45) is 2.84. The van der Waals surface area contributed by atoms with Gasteiger partial charge in [0.2, 0.25) is 5.78 Å². The second kappa shape index (κ2) is 8.30. The Kier molecular flexibility index (Phi) is 5.48. The molecule has 2 aromatic rings. The average Bonchev–Trinajstić information content (AvgIpc) is 2.83. The lowest BCUT2D eigenvalue weighted by Gasteiger charge is -2.46. The highest BCUT2D eigenvalue weighted by molar-refractivity contribution is 6.22. The van der Waals surface area contributed by atoms with Crippen molar-refractivity contribution in [3.8, 4) is 17.0 Å². The van der Waals surface area contributed by atoms with Gasteiger partial charge in [0, 0.05) is 29.7 Å². The highest BCUT2D eigenvalue weighted by Gasteiger charge is 2.60. The van der Waals surface area contributed by atoms with Crippen LogP contribution in [0.1, 0.15) is 42.9 Å². The summed E-state index contributed by atoms with van der Waals surface area (Å²) in [5, 5.41) is 44.6. The van der Waals surface area contributed by atoms with Crippen LogP contribution in [0, 0.1) is 11.8 Å². The number of primary amides is 1. The van der Waals surface area contributed by atoms with E-state index in [-0.39, 0.29) is 36.1 Å². The summed E-state index contributed by atoms with van der Waals surface area (Å²) < 4.78 is 0. The Morgan fingerprint density at radius 1 is 1.19 bits per heavy atom. The van der Waals surface area contributed by atoms with Crippen molar-refractivity contribution in [1.29, 1.82) is 0 Å². The minimum absolute atomic E-state index is 0.0854. The third-order valence-electron chi connectivity index (χ3n) is 7.60. The summed E-state index contributed by atoms with van der Waals surface area (Å²) in [7, 11) is 0. The molecule has 186 valence electrons. The zero-order chi connectivity index (χ0) is 25.9. The fourth-order valence-electron chi connectivity index (χ4n) is 5.96. The van der Waals surface area contributed by atoms with E-state index in [2.05, 4.69) is 4.98 Å². The Bertz CT molecular complexity index is 1390. The number of hydrogen-bond acceptors (Lipinski definition) is 8. The molecule has 0 bridgehead atoms. The molecule has 1 aromatic carbocycles. The number of phenols is 1. The van der Waals surface area contributed by atoms with Crippen LogP contribution in [0.15, 0.2) is 47.4 Å². The number of aliphatic hydroxyl groups excluding tert-OH is 2. The summed E-state index contributed by atoms with van der Waals surface area (Å²) in [6.45, 7) is 1.95. The van der Waals surface area contributed by atoms with Gasteiger partial charge in [-0.25, -0.2) is 0 Å². The summed E-state index contributed by atoms with van der Waals surface area (Å²) in [6, 6.07) is 7.27. The van der Waals surface area contributed by atoms with Gasteiger partial charge in [-0.05, 0) is 54.5 Å². The molecule has 5 rings (SSSR count). The van der Waals surface area contributed by atoms with Crippen LogP contribution in [0.4, 0.5) is 0 Å². The highest BCUT2D eigenvalue weighted by Crippen LogP contribution is 2.53. The van der Waals surface area contributed by atoms with E-state index in [9.17, 15) is 34.8 Å². The van der Waals surface area contributed by atoms with Crippen molar-refractivity contribution < 1.29 is 34.8 Å². The number of fused-ring (bicyclic) bond motifs is 3. The van der Waals surface area contributed by atoms with Gasteiger partial charge >= 0.3 is 0 Å². The van der Waals surface area contributed by atoms with E-state index in [1.165, 1.54) is 0 Å². The Labute approximate surface area is 206 Å². The first kappa shape index (κ1) is 23.7. The van der Waals surface area contributed by atoms with Gasteiger partial charge in [0.15, 0.2) is 11.4 Å². The van der Waals surface area contributed by atoms with Crippen LogP contribution in [0.3, 0.4) is 0 Å². The molecule has 3 unspecified atom stereocenters. The van der Waals surface area contributed by atoms with Crippen molar-refractivity contribution in [3.63, 3.8) is 0 Å². The lowest BCUT2D eigenvalue weighted by atomic mass is 9.59. The maximum absolute atomic E-state index is 13.7. The van der Waals surface area contributed by atoms with Crippen molar-refractivity contribution in [1.82, 2.24) is 4.98 Å². The molecule has 0 radical (unpaired) electrons. The Morgan fingerprint density at radius 2 is 1.94 bits per heavy atom. The van der Waals surface area contributed by atoms with Crippen LogP contribution in [0.5, 0.6) is 5.75 Å². The third kappa shape index (κ3) is 3.19. The molecule has 9 heteroatoms. The van der Waals surface area contributed by atoms with Crippen molar-refractivity contribution in [3.05, 3.63) is 64.1 Å². The normalized spacial score (nSPS) is 25.4. The van der Waals surface area contributed by atoms with Crippen LogP contribution in [-0.4, -0.2) is 48.5 Å². The van der Waals surface area contributed by atoms with E-state index >= 15 is 0 Å². The molecule has 0 spiro atoms. The number of ketones is 2. The van der Waals surface area contributed by atoms with E-state index < -0.39 is 52.0 Å². The zero-order valence-electron chi connectivity index (χ0n) is 19.6. The lowest BCUT2D eigenvalue weighted by molar-refractivity contribution is -0.147. The molecule has 36 heavy (non-hydrogen) atoms. The summed E-state index contributed by atoms with van der Waals surface area (Å²) >= 11 is 0. The van der Waals surface area contributed by atoms with Gasteiger partial charge in [-0.1, -0.05) is 19.4 Å². The SMILES string of the molecule is CCCc1cc(-c2ccccn2)c2c(c1O)C(O)=C1C(=O)C3(O)C(O)=C(C(N)=O)C(=O)CC3CC1C2. The van der Waals surface area contributed by atoms with Gasteiger partial charge in [-0.3, -0.25) is 19.4 Å². The topological polar surface area (TPSA) is 171 Å². The quantitative estimate of drug-likeness (QED) is 0.407. The number of phenolic OH excluding ortho intramolecular Hbond substituents is 1. The molecule has 1 saturated carbocycles. The van der Waals surface area contributed by atoms with Gasteiger partial charge in [0.05, 0.1) is 11.3 Å². The largest absolute Gasteiger partial charge is 0.508 e. The number of aliphatic hydroxyl groups is 3. The number of benzene rings is 1. The van der Waals surface area contributed by atoms with Crippen LogP contribution < -0.4 is 5.73 Å². The van der Waals surface area contributed by atoms with Crippen molar-refractivity contribution >= 4 is 23.2 Å². The first-order valence-electron chi connectivity index (χ1n) is 11.9. The molecule has 9 nitrogen and oxygen atoms in total. The molecule has 0 aliphatic heterocycles. The van der Waals surface area contributed by atoms with Crippen molar-refractivity contribution in [2.24, 2.45) is 17.6 Å². The smallest absolute Gasteiger partial charge is 0.255 e. The van der Waals surface area contributed by atoms with Crippen LogP contribution in [0.2, 0.25) is 0 Å². The molecular weight excluding hydrogens is 464 g/mol. The van der Waals surface area contributed by atoms with Crippen molar-refractivity contribution in [2.75, 3.05) is 0 Å². The number of hydrogen-bond donors (Lipinski definition) is 5. The van der Waals surface area contributed by atoms with E-state index in [0.717, 1.165) is 6.42 Å². The first-order valence-corrected chi connectivity index (χ1v) is 11.9. The van der Waals surface area contributed by atoms with Crippen molar-refractivity contribution in [2.45, 2.75) is 44.6 Å². The molecule has 1 amide bonds. The molecule has 3 atom stereocenters. The number of nitrogens with zero attached hydrogens (tertiary/aromatic N) is 1. The minimum Gasteiger partial charge on any atom is -0.508 e. The van der Waals surface area contributed by atoms with E-state index in [4.69, 9.17) is 5.73 Å². The Morgan fingerprint density at radius 3 is 2.58 bits per heavy atom. The number of carbonyl (C=O) groups is 3. The molecular formula is C27H26N2O7. The van der Waals surface area contributed by atoms with Gasteiger partial charge in [0.1, 0.15) is 22.8 Å². The predicted molar refractivity (Wildman–Crippen MR) is 129 cm³/mol. The number of aromatic hydroxyl groups is 1. The van der Waals surface area contributed by atoms with Gasteiger partial charge in [0.25, 0.3) is 5.91 Å². The van der Waals surface area contributed by atoms with Crippen LogP contribution in [-0.2, 0) is 27.2 Å². The minimum atomic E-state index is -2.57. The Balaban J connectivity index is 1.75. The fourth-order valence-corrected chi connectivity index (χ4v) is 5.96. The molecule has 3 aliphatic rings. The summed E-state index contributed by atoms with van der Waals surface area (Å²) in [5.74, 6) is -6.32. The number of rotatable bonds is 4. The number of aromatic nitrogens is 1. The summed E-state index contributed by atoms with van der Waals surface area (Å²) in [5.41, 5.74) is 4.33. The monoisotopic (exact) mass is 490 g/mol. The molecule has 1 heterocycles. The number of pyridine rings is 1. The predicted octanol–water partition coefficient (Wildman–Crippen LogP) is 2.44. The fraction of sp³-hybridized carbons (Fsp3) is 0.333. The average molecular weight is 491 g/mol. The standard InChI is InChI=1S/C27H26N2O7/c1-2-5-12-9-15(17-6-3-4-7-29-17)16-10-13-8-14-11-18(30)21(26(28)35)25(34)27(14,36)24(33)19(13)23(32)20(16)22(12)31/h3-4,6-7,9,13-14,31-32,34,36H,2,5,8,10-11H2,1H3,(H2,28,35). The molecule has 1 aromatic heterocycles. The van der Waals surface area contributed by atoms with E-state index in [1.54, 1.807) is 12.3 Å². The van der Waals surface area contributed by atoms with Gasteiger partial charge < -0.3 is 26.2 Å². The number of nitrogens with two attached hydrogens (primary N) is 1. The number of amides is 1. The molecule has 0 saturated heterocycles. The third-order valence-corrected chi connectivity index (χ3v) is 7.60. The van der Waals surface area contributed by atoms with Crippen LogP contribution in [0.25, 0.3) is 17.0 Å². The summed E-state index contributed by atoms with van der Waals surface area (Å²) in [4.78, 5) is 42.4. The van der Waals surface area contributed by atoms with Crippen LogP contribution >= 0.6 is 0 Å².